The number of para-hydroxylation sites is 1. The third-order valence-electron chi connectivity index (χ3n) is 5.33. The van der Waals surface area contributed by atoms with Crippen molar-refractivity contribution in [3.8, 4) is 0 Å². The van der Waals surface area contributed by atoms with E-state index in [1.54, 1.807) is 18.4 Å². The smallest absolute Gasteiger partial charge is 0.261 e. The van der Waals surface area contributed by atoms with Crippen molar-refractivity contribution >= 4 is 38.3 Å². The zero-order valence-corrected chi connectivity index (χ0v) is 18.9. The highest BCUT2D eigenvalue weighted by molar-refractivity contribution is 7.92. The van der Waals surface area contributed by atoms with E-state index in [9.17, 15) is 13.2 Å². The Kier molecular flexibility index (Phi) is 5.76. The predicted molar refractivity (Wildman–Crippen MR) is 126 cm³/mol. The molecule has 1 aromatic heterocycles. The zero-order valence-electron chi connectivity index (χ0n) is 18.1. The molecular formula is C25H24N2O4S. The van der Waals surface area contributed by atoms with Crippen molar-refractivity contribution in [3.05, 3.63) is 89.2 Å². The number of amides is 1. The molecule has 0 spiro atoms. The molecule has 0 saturated heterocycles. The van der Waals surface area contributed by atoms with Crippen LogP contribution in [0, 0.1) is 20.8 Å². The van der Waals surface area contributed by atoms with Crippen LogP contribution in [0.15, 0.2) is 76.2 Å². The molecule has 1 amide bonds. The van der Waals surface area contributed by atoms with Crippen molar-refractivity contribution < 1.29 is 17.6 Å². The Labute approximate surface area is 187 Å². The third-order valence-corrected chi connectivity index (χ3v) is 6.69. The molecule has 0 fully saturated rings. The fourth-order valence-corrected chi connectivity index (χ4v) is 4.79. The van der Waals surface area contributed by atoms with E-state index in [2.05, 4.69) is 10.0 Å². The van der Waals surface area contributed by atoms with E-state index in [0.29, 0.717) is 11.4 Å². The van der Waals surface area contributed by atoms with E-state index < -0.39 is 10.0 Å². The normalized spacial score (nSPS) is 11.5. The Hall–Kier alpha value is -3.58. The van der Waals surface area contributed by atoms with Crippen LogP contribution in [0.5, 0.6) is 0 Å². The largest absolute Gasteiger partial charge is 0.464 e. The maximum atomic E-state index is 12.8. The van der Waals surface area contributed by atoms with Gasteiger partial charge in [0.05, 0.1) is 23.3 Å². The lowest BCUT2D eigenvalue weighted by atomic mass is 10.1. The van der Waals surface area contributed by atoms with Gasteiger partial charge in [0.15, 0.2) is 0 Å². The molecule has 3 aromatic carbocycles. The summed E-state index contributed by atoms with van der Waals surface area (Å²) in [5, 5.41) is 3.71. The molecule has 4 rings (SSSR count). The van der Waals surface area contributed by atoms with Crippen LogP contribution < -0.4 is 10.0 Å². The van der Waals surface area contributed by atoms with E-state index >= 15 is 0 Å². The first-order chi connectivity index (χ1) is 15.2. The summed E-state index contributed by atoms with van der Waals surface area (Å²) in [7, 11) is -3.75. The van der Waals surface area contributed by atoms with Crippen LogP contribution in [0.1, 0.15) is 22.3 Å². The lowest BCUT2D eigenvalue weighted by Crippen LogP contribution is -2.16. The molecule has 6 nitrogen and oxygen atoms in total. The molecule has 0 radical (unpaired) electrons. The minimum Gasteiger partial charge on any atom is -0.464 e. The molecule has 32 heavy (non-hydrogen) atoms. The van der Waals surface area contributed by atoms with Gasteiger partial charge in [0, 0.05) is 16.6 Å². The van der Waals surface area contributed by atoms with Crippen molar-refractivity contribution in [2.24, 2.45) is 0 Å². The number of anilines is 2. The third kappa shape index (κ3) is 4.53. The van der Waals surface area contributed by atoms with Crippen LogP contribution in [0.25, 0.3) is 11.0 Å². The Morgan fingerprint density at radius 1 is 0.938 bits per heavy atom. The zero-order chi connectivity index (χ0) is 22.9. The van der Waals surface area contributed by atoms with Gasteiger partial charge in [0.2, 0.25) is 5.91 Å². The lowest BCUT2D eigenvalue weighted by Gasteiger charge is -2.13. The first-order valence-electron chi connectivity index (χ1n) is 10.2. The van der Waals surface area contributed by atoms with Crippen molar-refractivity contribution in [3.63, 3.8) is 0 Å². The Bertz CT molecular complexity index is 1380. The number of furan rings is 1. The van der Waals surface area contributed by atoms with Gasteiger partial charge >= 0.3 is 0 Å². The van der Waals surface area contributed by atoms with E-state index in [1.165, 1.54) is 12.1 Å². The van der Waals surface area contributed by atoms with E-state index in [1.807, 2.05) is 57.2 Å². The second-order valence-corrected chi connectivity index (χ2v) is 9.56. The summed E-state index contributed by atoms with van der Waals surface area (Å²) in [5.41, 5.74) is 5.43. The first-order valence-corrected chi connectivity index (χ1v) is 11.7. The van der Waals surface area contributed by atoms with Crippen molar-refractivity contribution in [2.75, 3.05) is 10.0 Å². The summed E-state index contributed by atoms with van der Waals surface area (Å²) in [5.74, 6) is -0.211. The van der Waals surface area contributed by atoms with Gasteiger partial charge in [-0.2, -0.15) is 0 Å². The first kappa shape index (κ1) is 21.6. The summed E-state index contributed by atoms with van der Waals surface area (Å²) < 4.78 is 33.8. The topological polar surface area (TPSA) is 88.4 Å². The molecule has 164 valence electrons. The maximum absolute atomic E-state index is 12.8. The Morgan fingerprint density at radius 3 is 2.31 bits per heavy atom. The van der Waals surface area contributed by atoms with E-state index in [-0.39, 0.29) is 17.2 Å². The number of nitrogens with one attached hydrogen (secondary N) is 2. The number of carbonyl (C=O) groups is 1. The highest BCUT2D eigenvalue weighted by Crippen LogP contribution is 2.25. The van der Waals surface area contributed by atoms with Gasteiger partial charge in [-0.1, -0.05) is 30.3 Å². The standard InChI is InChI=1S/C25H24N2O4S/c1-16-7-12-22-19(15-31-23(22)13-16)14-24(28)26-20-8-10-21(11-9-20)32(29,30)27-25-17(2)5-4-6-18(25)3/h4-13,15,27H,14H2,1-3H3,(H,26,28). The second kappa shape index (κ2) is 8.51. The molecule has 0 saturated carbocycles. The summed E-state index contributed by atoms with van der Waals surface area (Å²) >= 11 is 0. The average Bonchev–Trinajstić information content (AvgIpc) is 3.13. The highest BCUT2D eigenvalue weighted by Gasteiger charge is 2.17. The van der Waals surface area contributed by atoms with Crippen LogP contribution in [0.4, 0.5) is 11.4 Å². The van der Waals surface area contributed by atoms with Gasteiger partial charge in [0.1, 0.15) is 5.58 Å². The maximum Gasteiger partial charge on any atom is 0.261 e. The molecule has 0 bridgehead atoms. The quantitative estimate of drug-likeness (QED) is 0.417. The summed E-state index contributed by atoms with van der Waals surface area (Å²) in [4.78, 5) is 12.6. The molecule has 0 aliphatic rings. The van der Waals surface area contributed by atoms with Gasteiger partial charge in [-0.05, 0) is 67.8 Å². The number of rotatable bonds is 6. The molecule has 0 unspecified atom stereocenters. The van der Waals surface area contributed by atoms with Crippen LogP contribution in [0.3, 0.4) is 0 Å². The van der Waals surface area contributed by atoms with Gasteiger partial charge in [-0.3, -0.25) is 9.52 Å². The molecule has 0 aliphatic carbocycles. The summed E-state index contributed by atoms with van der Waals surface area (Å²) in [6.45, 7) is 5.69. The minimum absolute atomic E-state index is 0.120. The predicted octanol–water partition coefficient (Wildman–Crippen LogP) is 5.34. The van der Waals surface area contributed by atoms with Gasteiger partial charge in [0.25, 0.3) is 10.0 Å². The fourth-order valence-electron chi connectivity index (χ4n) is 3.59. The van der Waals surface area contributed by atoms with Gasteiger partial charge in [-0.15, -0.1) is 0 Å². The van der Waals surface area contributed by atoms with Crippen LogP contribution in [0.2, 0.25) is 0 Å². The van der Waals surface area contributed by atoms with Crippen molar-refractivity contribution in [1.82, 2.24) is 0 Å². The van der Waals surface area contributed by atoms with E-state index in [4.69, 9.17) is 4.42 Å². The monoisotopic (exact) mass is 448 g/mol. The Morgan fingerprint density at radius 2 is 1.62 bits per heavy atom. The number of benzene rings is 3. The second-order valence-electron chi connectivity index (χ2n) is 7.88. The number of aryl methyl sites for hydroxylation is 3. The number of fused-ring (bicyclic) bond motifs is 1. The summed E-state index contributed by atoms with van der Waals surface area (Å²) in [6.07, 6.45) is 1.75. The van der Waals surface area contributed by atoms with Crippen LogP contribution in [-0.2, 0) is 21.2 Å². The van der Waals surface area contributed by atoms with Crippen molar-refractivity contribution in [2.45, 2.75) is 32.1 Å². The molecule has 1 heterocycles. The minimum atomic E-state index is -3.75. The fraction of sp³-hybridized carbons (Fsp3) is 0.160. The van der Waals surface area contributed by atoms with Crippen LogP contribution >= 0.6 is 0 Å². The number of hydrogen-bond acceptors (Lipinski definition) is 4. The highest BCUT2D eigenvalue weighted by atomic mass is 32.2. The average molecular weight is 449 g/mol. The molecule has 0 aliphatic heterocycles. The summed E-state index contributed by atoms with van der Waals surface area (Å²) in [6, 6.07) is 17.5. The van der Waals surface area contributed by atoms with Gasteiger partial charge < -0.3 is 9.73 Å². The number of sulfonamides is 1. The number of hydrogen-bond donors (Lipinski definition) is 2. The van der Waals surface area contributed by atoms with Crippen molar-refractivity contribution in [1.29, 1.82) is 0 Å². The lowest BCUT2D eigenvalue weighted by molar-refractivity contribution is -0.115. The number of carbonyl (C=O) groups excluding carboxylic acids is 1. The van der Waals surface area contributed by atoms with Gasteiger partial charge in [-0.25, -0.2) is 8.42 Å². The molecule has 4 aromatic rings. The van der Waals surface area contributed by atoms with E-state index in [0.717, 1.165) is 33.2 Å². The SMILES string of the molecule is Cc1ccc2c(CC(=O)Nc3ccc(S(=O)(=O)Nc4c(C)cccc4C)cc3)coc2c1. The van der Waals surface area contributed by atoms with Crippen LogP contribution in [-0.4, -0.2) is 14.3 Å². The molecular weight excluding hydrogens is 424 g/mol. The molecule has 0 atom stereocenters. The Balaban J connectivity index is 1.45. The molecule has 7 heteroatoms. The molecule has 2 N–H and O–H groups in total.